The summed E-state index contributed by atoms with van der Waals surface area (Å²) in [5, 5.41) is 8.98. The molecule has 0 aliphatic carbocycles. The first-order valence-corrected chi connectivity index (χ1v) is 13.7. The molecule has 1 unspecified atom stereocenters. The van der Waals surface area contributed by atoms with Gasteiger partial charge in [0, 0.05) is 0 Å². The van der Waals surface area contributed by atoms with Crippen LogP contribution in [0, 0.1) is 5.92 Å². The molecule has 0 saturated carbocycles. The summed E-state index contributed by atoms with van der Waals surface area (Å²) >= 11 is 0. The van der Waals surface area contributed by atoms with Crippen molar-refractivity contribution in [2.75, 3.05) is 6.61 Å². The fraction of sp³-hybridized carbons (Fsp3) is 0.857. The van der Waals surface area contributed by atoms with E-state index >= 15 is 0 Å². The van der Waals surface area contributed by atoms with E-state index in [1.807, 2.05) is 13.0 Å². The molecule has 0 aromatic heterocycles. The minimum Gasteiger partial charge on any atom is -0.481 e. The maximum Gasteiger partial charge on any atom is 0.313 e. The van der Waals surface area contributed by atoms with E-state index in [2.05, 4.69) is 6.92 Å². The number of hydrogen-bond donors (Lipinski definition) is 1. The molecule has 0 amide bonds. The van der Waals surface area contributed by atoms with Gasteiger partial charge in [-0.2, -0.15) is 0 Å². The largest absolute Gasteiger partial charge is 0.481 e. The van der Waals surface area contributed by atoms with Gasteiger partial charge in [0.15, 0.2) is 0 Å². The van der Waals surface area contributed by atoms with Crippen LogP contribution < -0.4 is 0 Å². The van der Waals surface area contributed by atoms with Gasteiger partial charge in [-0.3, -0.25) is 9.59 Å². The number of carboxylic acids is 1. The number of hydrogen-bond acceptors (Lipinski definition) is 3. The van der Waals surface area contributed by atoms with E-state index in [4.69, 9.17) is 9.84 Å². The van der Waals surface area contributed by atoms with E-state index < -0.39 is 17.9 Å². The Kier molecular flexibility index (Phi) is 23.3. The minimum atomic E-state index is -0.967. The Balaban J connectivity index is 3.49. The van der Waals surface area contributed by atoms with Gasteiger partial charge >= 0.3 is 11.9 Å². The van der Waals surface area contributed by atoms with Gasteiger partial charge in [-0.05, 0) is 19.3 Å². The van der Waals surface area contributed by atoms with Crippen LogP contribution in [0.1, 0.15) is 142 Å². The molecule has 0 aliphatic rings. The molecule has 0 radical (unpaired) electrons. The van der Waals surface area contributed by atoms with Crippen molar-refractivity contribution >= 4 is 11.9 Å². The molecule has 188 valence electrons. The van der Waals surface area contributed by atoms with E-state index in [1.165, 1.54) is 103 Å². The van der Waals surface area contributed by atoms with Crippen LogP contribution in [0.2, 0.25) is 0 Å². The number of ether oxygens (including phenoxy) is 1. The van der Waals surface area contributed by atoms with Gasteiger partial charge in [-0.25, -0.2) is 0 Å². The Morgan fingerprint density at radius 2 is 1.12 bits per heavy atom. The standard InChI is InChI=1S/C28H52O4/c1-3-5-6-7-8-9-10-11-12-13-14-15-16-17-18-19-20-21-22-23-26(25-27(29)30)28(31)32-24-4-2/h22-23,26H,3-21,24-25H2,1-2H3,(H,29,30)/b23-22+. The van der Waals surface area contributed by atoms with Crippen LogP contribution in [0.4, 0.5) is 0 Å². The molecule has 4 nitrogen and oxygen atoms in total. The molecule has 0 saturated heterocycles. The molecule has 0 bridgehead atoms. The second-order valence-corrected chi connectivity index (χ2v) is 9.25. The van der Waals surface area contributed by atoms with Crippen molar-refractivity contribution in [1.82, 2.24) is 0 Å². The molecule has 0 aliphatic heterocycles. The van der Waals surface area contributed by atoms with Crippen molar-refractivity contribution in [3.8, 4) is 0 Å². The van der Waals surface area contributed by atoms with Crippen molar-refractivity contribution in [2.24, 2.45) is 5.92 Å². The number of carbonyl (C=O) groups excluding carboxylic acids is 1. The Bertz CT molecular complexity index is 458. The zero-order valence-electron chi connectivity index (χ0n) is 21.3. The zero-order valence-corrected chi connectivity index (χ0v) is 21.3. The number of aliphatic carboxylic acids is 1. The molecule has 0 aromatic rings. The summed E-state index contributed by atoms with van der Waals surface area (Å²) in [5.74, 6) is -2.05. The van der Waals surface area contributed by atoms with Gasteiger partial charge in [-0.15, -0.1) is 0 Å². The molecule has 0 aromatic carbocycles. The van der Waals surface area contributed by atoms with Crippen LogP contribution in [0.25, 0.3) is 0 Å². The number of allylic oxidation sites excluding steroid dienone is 1. The minimum absolute atomic E-state index is 0.196. The van der Waals surface area contributed by atoms with Crippen LogP contribution in [-0.2, 0) is 14.3 Å². The zero-order chi connectivity index (χ0) is 23.7. The highest BCUT2D eigenvalue weighted by Crippen LogP contribution is 2.15. The fourth-order valence-electron chi connectivity index (χ4n) is 3.98. The third-order valence-corrected chi connectivity index (χ3v) is 5.99. The average molecular weight is 453 g/mol. The number of carbonyl (C=O) groups is 2. The van der Waals surface area contributed by atoms with Crippen molar-refractivity contribution < 1.29 is 19.4 Å². The van der Waals surface area contributed by atoms with Gasteiger partial charge in [0.25, 0.3) is 0 Å². The van der Waals surface area contributed by atoms with Gasteiger partial charge in [-0.1, -0.05) is 129 Å². The molecule has 32 heavy (non-hydrogen) atoms. The third kappa shape index (κ3) is 21.9. The summed E-state index contributed by atoms with van der Waals surface area (Å²) in [7, 11) is 0. The van der Waals surface area contributed by atoms with Crippen LogP contribution in [0.3, 0.4) is 0 Å². The van der Waals surface area contributed by atoms with Gasteiger partial charge < -0.3 is 9.84 Å². The van der Waals surface area contributed by atoms with Gasteiger partial charge in [0.05, 0.1) is 18.9 Å². The predicted molar refractivity (Wildman–Crippen MR) is 135 cm³/mol. The summed E-state index contributed by atoms with van der Waals surface area (Å²) in [6.07, 6.45) is 28.2. The summed E-state index contributed by atoms with van der Waals surface area (Å²) < 4.78 is 5.09. The lowest BCUT2D eigenvalue weighted by Crippen LogP contribution is -2.19. The third-order valence-electron chi connectivity index (χ3n) is 5.99. The number of unbranched alkanes of at least 4 members (excludes halogenated alkanes) is 17. The molecule has 4 heteroatoms. The Labute approximate surface area is 198 Å². The van der Waals surface area contributed by atoms with E-state index in [1.54, 1.807) is 6.08 Å². The van der Waals surface area contributed by atoms with Crippen molar-refractivity contribution in [2.45, 2.75) is 142 Å². The number of rotatable bonds is 24. The van der Waals surface area contributed by atoms with E-state index in [0.29, 0.717) is 6.61 Å². The monoisotopic (exact) mass is 452 g/mol. The smallest absolute Gasteiger partial charge is 0.313 e. The molecule has 0 fully saturated rings. The summed E-state index contributed by atoms with van der Waals surface area (Å²) in [4.78, 5) is 22.9. The normalized spacial score (nSPS) is 12.3. The topological polar surface area (TPSA) is 63.6 Å². The molecule has 0 rings (SSSR count). The predicted octanol–water partition coefficient (Wildman–Crippen LogP) is 8.63. The van der Waals surface area contributed by atoms with Crippen LogP contribution >= 0.6 is 0 Å². The second-order valence-electron chi connectivity index (χ2n) is 9.25. The molecular weight excluding hydrogens is 400 g/mol. The lowest BCUT2D eigenvalue weighted by molar-refractivity contribution is -0.151. The quantitative estimate of drug-likeness (QED) is 0.0904. The highest BCUT2D eigenvalue weighted by Gasteiger charge is 2.19. The molecule has 1 N–H and O–H groups in total. The SMILES string of the molecule is CCCCCCCCCCCCCCCCCCC/C=C/C(CC(=O)O)C(=O)OCCC. The Hall–Kier alpha value is -1.32. The lowest BCUT2D eigenvalue weighted by atomic mass is 10.0. The lowest BCUT2D eigenvalue weighted by Gasteiger charge is -2.09. The second kappa shape index (κ2) is 24.3. The van der Waals surface area contributed by atoms with Crippen molar-refractivity contribution in [3.63, 3.8) is 0 Å². The maximum atomic E-state index is 11.9. The van der Waals surface area contributed by atoms with Gasteiger partial charge in [0.1, 0.15) is 0 Å². The van der Waals surface area contributed by atoms with E-state index in [0.717, 1.165) is 19.3 Å². The average Bonchev–Trinajstić information content (AvgIpc) is 2.77. The number of esters is 1. The van der Waals surface area contributed by atoms with Crippen LogP contribution in [-0.4, -0.2) is 23.7 Å². The van der Waals surface area contributed by atoms with Crippen molar-refractivity contribution in [1.29, 1.82) is 0 Å². The molecule has 0 heterocycles. The van der Waals surface area contributed by atoms with Crippen LogP contribution in [0.5, 0.6) is 0 Å². The highest BCUT2D eigenvalue weighted by atomic mass is 16.5. The molecule has 1 atom stereocenters. The molecule has 0 spiro atoms. The summed E-state index contributed by atoms with van der Waals surface area (Å²) in [5.41, 5.74) is 0. The van der Waals surface area contributed by atoms with E-state index in [-0.39, 0.29) is 6.42 Å². The summed E-state index contributed by atoms with van der Waals surface area (Å²) in [6.45, 7) is 4.55. The van der Waals surface area contributed by atoms with Crippen molar-refractivity contribution in [3.05, 3.63) is 12.2 Å². The first-order valence-electron chi connectivity index (χ1n) is 13.7. The fourth-order valence-corrected chi connectivity index (χ4v) is 3.98. The maximum absolute atomic E-state index is 11.9. The Morgan fingerprint density at radius 1 is 0.688 bits per heavy atom. The van der Waals surface area contributed by atoms with Gasteiger partial charge in [0.2, 0.25) is 0 Å². The first kappa shape index (κ1) is 30.7. The summed E-state index contributed by atoms with van der Waals surface area (Å²) in [6, 6.07) is 0. The van der Waals surface area contributed by atoms with Crippen LogP contribution in [0.15, 0.2) is 12.2 Å². The number of carboxylic acid groups (broad SMARTS) is 1. The Morgan fingerprint density at radius 3 is 1.53 bits per heavy atom. The highest BCUT2D eigenvalue weighted by molar-refractivity contribution is 5.80. The van der Waals surface area contributed by atoms with E-state index in [9.17, 15) is 9.59 Å². The molecular formula is C28H52O4. The first-order chi connectivity index (χ1) is 15.6.